The molecule has 1 aliphatic carbocycles. The van der Waals surface area contributed by atoms with Gasteiger partial charge < -0.3 is 5.32 Å². The van der Waals surface area contributed by atoms with Crippen molar-refractivity contribution in [1.82, 2.24) is 10.3 Å². The molecule has 1 aromatic rings. The van der Waals surface area contributed by atoms with Gasteiger partial charge in [-0.2, -0.15) is 0 Å². The molecule has 1 saturated carbocycles. The van der Waals surface area contributed by atoms with Crippen LogP contribution in [0.5, 0.6) is 0 Å². The van der Waals surface area contributed by atoms with E-state index >= 15 is 0 Å². The Hall–Kier alpha value is -0.410. The number of aromatic nitrogens is 1. The van der Waals surface area contributed by atoms with Crippen molar-refractivity contribution < 1.29 is 0 Å². The molecule has 3 heteroatoms. The standard InChI is InChI=1S/C11H18N2S/c1-2-9-4-3-5-11(9)12-6-10-7-14-8-13-10/h7-9,11-12H,2-6H2,1H3. The normalized spacial score (nSPS) is 26.9. The van der Waals surface area contributed by atoms with Crippen LogP contribution in [0.2, 0.25) is 0 Å². The predicted octanol–water partition coefficient (Wildman–Crippen LogP) is 2.81. The molecule has 1 aromatic heterocycles. The van der Waals surface area contributed by atoms with E-state index in [9.17, 15) is 0 Å². The van der Waals surface area contributed by atoms with Crippen LogP contribution in [0.1, 0.15) is 38.3 Å². The van der Waals surface area contributed by atoms with Crippen molar-refractivity contribution in [2.75, 3.05) is 0 Å². The fourth-order valence-corrected chi connectivity index (χ4v) is 2.91. The van der Waals surface area contributed by atoms with Crippen molar-refractivity contribution in [2.24, 2.45) is 5.92 Å². The molecular weight excluding hydrogens is 192 g/mol. The quantitative estimate of drug-likeness (QED) is 0.826. The second kappa shape index (κ2) is 4.89. The van der Waals surface area contributed by atoms with Crippen LogP contribution in [0.3, 0.4) is 0 Å². The van der Waals surface area contributed by atoms with Gasteiger partial charge in [-0.3, -0.25) is 0 Å². The highest BCUT2D eigenvalue weighted by molar-refractivity contribution is 7.07. The summed E-state index contributed by atoms with van der Waals surface area (Å²) in [6.45, 7) is 3.25. The first kappa shape index (κ1) is 10.1. The van der Waals surface area contributed by atoms with Gasteiger partial charge in [0.25, 0.3) is 0 Å². The van der Waals surface area contributed by atoms with Crippen LogP contribution in [0, 0.1) is 5.92 Å². The molecule has 0 radical (unpaired) electrons. The maximum atomic E-state index is 4.28. The molecule has 0 saturated heterocycles. The monoisotopic (exact) mass is 210 g/mol. The van der Waals surface area contributed by atoms with Crippen molar-refractivity contribution in [3.63, 3.8) is 0 Å². The van der Waals surface area contributed by atoms with E-state index in [2.05, 4.69) is 22.6 Å². The van der Waals surface area contributed by atoms with Gasteiger partial charge in [0.1, 0.15) is 0 Å². The Morgan fingerprint density at radius 1 is 1.57 bits per heavy atom. The minimum Gasteiger partial charge on any atom is -0.308 e. The summed E-state index contributed by atoms with van der Waals surface area (Å²) in [5.74, 6) is 0.897. The Kier molecular flexibility index (Phi) is 3.54. The zero-order chi connectivity index (χ0) is 9.80. The predicted molar refractivity (Wildman–Crippen MR) is 60.4 cm³/mol. The molecule has 1 aliphatic rings. The summed E-state index contributed by atoms with van der Waals surface area (Å²) in [6, 6.07) is 0.738. The summed E-state index contributed by atoms with van der Waals surface area (Å²) in [5.41, 5.74) is 3.10. The lowest BCUT2D eigenvalue weighted by Crippen LogP contribution is -2.31. The van der Waals surface area contributed by atoms with Gasteiger partial charge >= 0.3 is 0 Å². The van der Waals surface area contributed by atoms with Crippen LogP contribution in [-0.4, -0.2) is 11.0 Å². The first-order valence-corrected chi connectivity index (χ1v) is 6.45. The fourth-order valence-electron chi connectivity index (χ4n) is 2.35. The molecule has 0 aliphatic heterocycles. The third-order valence-corrected chi connectivity index (χ3v) is 3.85. The average Bonchev–Trinajstić information content (AvgIpc) is 2.85. The lowest BCUT2D eigenvalue weighted by atomic mass is 10.0. The molecule has 1 N–H and O–H groups in total. The molecule has 78 valence electrons. The highest BCUT2D eigenvalue weighted by Crippen LogP contribution is 2.28. The van der Waals surface area contributed by atoms with E-state index in [1.807, 2.05) is 5.51 Å². The summed E-state index contributed by atoms with van der Waals surface area (Å²) >= 11 is 1.68. The number of hydrogen-bond donors (Lipinski definition) is 1. The second-order valence-electron chi connectivity index (χ2n) is 4.07. The minimum absolute atomic E-state index is 0.738. The maximum Gasteiger partial charge on any atom is 0.0795 e. The highest BCUT2D eigenvalue weighted by Gasteiger charge is 2.24. The fraction of sp³-hybridized carbons (Fsp3) is 0.727. The Labute approximate surface area is 89.8 Å². The lowest BCUT2D eigenvalue weighted by Gasteiger charge is -2.18. The molecule has 2 atom stereocenters. The van der Waals surface area contributed by atoms with Gasteiger partial charge in [-0.15, -0.1) is 11.3 Å². The summed E-state index contributed by atoms with van der Waals surface area (Å²) in [5, 5.41) is 5.76. The molecule has 2 nitrogen and oxygen atoms in total. The van der Waals surface area contributed by atoms with E-state index in [1.165, 1.54) is 31.4 Å². The molecule has 14 heavy (non-hydrogen) atoms. The van der Waals surface area contributed by atoms with Crippen molar-refractivity contribution in [2.45, 2.75) is 45.2 Å². The molecule has 0 bridgehead atoms. The van der Waals surface area contributed by atoms with Crippen molar-refractivity contribution in [3.8, 4) is 0 Å². The minimum atomic E-state index is 0.738. The summed E-state index contributed by atoms with van der Waals surface area (Å²) in [7, 11) is 0. The number of hydrogen-bond acceptors (Lipinski definition) is 3. The first-order chi connectivity index (χ1) is 6.90. The van der Waals surface area contributed by atoms with E-state index in [1.54, 1.807) is 11.3 Å². The van der Waals surface area contributed by atoms with Crippen LogP contribution in [0.25, 0.3) is 0 Å². The van der Waals surface area contributed by atoms with Crippen LogP contribution in [-0.2, 0) is 6.54 Å². The van der Waals surface area contributed by atoms with Gasteiger partial charge in [-0.25, -0.2) is 4.98 Å². The van der Waals surface area contributed by atoms with Crippen LogP contribution in [0.4, 0.5) is 0 Å². The Bertz CT molecular complexity index is 258. The zero-order valence-electron chi connectivity index (χ0n) is 8.70. The van der Waals surface area contributed by atoms with Gasteiger partial charge in [-0.05, 0) is 18.8 Å². The van der Waals surface area contributed by atoms with Crippen LogP contribution >= 0.6 is 11.3 Å². The molecule has 2 rings (SSSR count). The maximum absolute atomic E-state index is 4.28. The molecule has 0 amide bonds. The Balaban J connectivity index is 1.80. The van der Waals surface area contributed by atoms with E-state index in [4.69, 9.17) is 0 Å². The van der Waals surface area contributed by atoms with Crippen molar-refractivity contribution >= 4 is 11.3 Å². The third kappa shape index (κ3) is 2.34. The van der Waals surface area contributed by atoms with Crippen molar-refractivity contribution in [1.29, 1.82) is 0 Å². The number of nitrogens with one attached hydrogen (secondary N) is 1. The van der Waals surface area contributed by atoms with Gasteiger partial charge in [0.15, 0.2) is 0 Å². The van der Waals surface area contributed by atoms with Gasteiger partial charge in [0.05, 0.1) is 11.2 Å². The number of nitrogens with zero attached hydrogens (tertiary/aromatic N) is 1. The Morgan fingerprint density at radius 3 is 3.21 bits per heavy atom. The summed E-state index contributed by atoms with van der Waals surface area (Å²) < 4.78 is 0. The first-order valence-electron chi connectivity index (χ1n) is 5.50. The molecule has 1 fully saturated rings. The topological polar surface area (TPSA) is 24.9 Å². The van der Waals surface area contributed by atoms with Crippen LogP contribution < -0.4 is 5.32 Å². The number of rotatable bonds is 4. The average molecular weight is 210 g/mol. The third-order valence-electron chi connectivity index (χ3n) is 3.21. The van der Waals surface area contributed by atoms with E-state index < -0.39 is 0 Å². The summed E-state index contributed by atoms with van der Waals surface area (Å²) in [6.07, 6.45) is 5.47. The SMILES string of the molecule is CCC1CCCC1NCc1cscn1. The van der Waals surface area contributed by atoms with Crippen LogP contribution in [0.15, 0.2) is 10.9 Å². The van der Waals surface area contributed by atoms with E-state index in [0.717, 1.165) is 18.5 Å². The molecule has 1 heterocycles. The second-order valence-corrected chi connectivity index (χ2v) is 4.79. The molecular formula is C11H18N2S. The van der Waals surface area contributed by atoms with Gasteiger partial charge in [0.2, 0.25) is 0 Å². The van der Waals surface area contributed by atoms with Gasteiger partial charge in [-0.1, -0.05) is 19.8 Å². The molecule has 0 aromatic carbocycles. The largest absolute Gasteiger partial charge is 0.308 e. The lowest BCUT2D eigenvalue weighted by molar-refractivity contribution is 0.388. The highest BCUT2D eigenvalue weighted by atomic mass is 32.1. The smallest absolute Gasteiger partial charge is 0.0795 e. The van der Waals surface area contributed by atoms with E-state index in [-0.39, 0.29) is 0 Å². The molecule has 0 spiro atoms. The summed E-state index contributed by atoms with van der Waals surface area (Å²) in [4.78, 5) is 4.28. The molecule has 2 unspecified atom stereocenters. The van der Waals surface area contributed by atoms with Gasteiger partial charge in [0, 0.05) is 18.0 Å². The Morgan fingerprint density at radius 2 is 2.50 bits per heavy atom. The zero-order valence-corrected chi connectivity index (χ0v) is 9.52. The number of thiazole rings is 1. The van der Waals surface area contributed by atoms with Crippen molar-refractivity contribution in [3.05, 3.63) is 16.6 Å². The van der Waals surface area contributed by atoms with E-state index in [0.29, 0.717) is 0 Å².